The Morgan fingerprint density at radius 3 is 2.86 bits per heavy atom. The van der Waals surface area contributed by atoms with Gasteiger partial charge in [-0.25, -0.2) is 0 Å². The third-order valence-electron chi connectivity index (χ3n) is 1.89. The Bertz CT molecular complexity index is 371. The number of aromatic hydroxyl groups is 1. The Hall–Kier alpha value is -1.76. The number of halogens is 1. The number of phenolic OH excluding ortho intramolecular Hbond substituents is 1. The highest BCUT2D eigenvalue weighted by atomic mass is 19.1. The first kappa shape index (κ1) is 10.3. The van der Waals surface area contributed by atoms with E-state index in [1.807, 2.05) is 6.07 Å². The van der Waals surface area contributed by atoms with Gasteiger partial charge in [0.1, 0.15) is 0 Å². The number of nitriles is 1. The van der Waals surface area contributed by atoms with Gasteiger partial charge in [0, 0.05) is 6.42 Å². The molecule has 0 spiro atoms. The highest BCUT2D eigenvalue weighted by Crippen LogP contribution is 2.29. The van der Waals surface area contributed by atoms with E-state index in [4.69, 9.17) is 5.26 Å². The fourth-order valence-electron chi connectivity index (χ4n) is 1.14. The summed E-state index contributed by atoms with van der Waals surface area (Å²) in [7, 11) is 1.33. The largest absolute Gasteiger partial charge is 0.505 e. The van der Waals surface area contributed by atoms with Crippen LogP contribution >= 0.6 is 0 Å². The van der Waals surface area contributed by atoms with Crippen molar-refractivity contribution >= 4 is 0 Å². The molecule has 0 aliphatic heterocycles. The standard InChI is InChI=1S/C10H10FNO2/c1-14-8-5-4-7(3-2-6-12)10(13)9(8)11/h4-5,13H,2-3H2,1H3. The predicted molar refractivity (Wildman–Crippen MR) is 48.6 cm³/mol. The Morgan fingerprint density at radius 2 is 2.29 bits per heavy atom. The number of ether oxygens (including phenoxy) is 1. The van der Waals surface area contributed by atoms with E-state index < -0.39 is 11.6 Å². The van der Waals surface area contributed by atoms with Gasteiger partial charge in [-0.2, -0.15) is 9.65 Å². The molecule has 0 amide bonds. The van der Waals surface area contributed by atoms with Crippen molar-refractivity contribution in [3.05, 3.63) is 23.5 Å². The lowest BCUT2D eigenvalue weighted by atomic mass is 10.1. The van der Waals surface area contributed by atoms with Crippen LogP contribution in [0, 0.1) is 17.1 Å². The fourth-order valence-corrected chi connectivity index (χ4v) is 1.14. The molecule has 0 fully saturated rings. The Kier molecular flexibility index (Phi) is 3.29. The minimum atomic E-state index is -0.775. The van der Waals surface area contributed by atoms with Crippen LogP contribution in [-0.2, 0) is 6.42 Å². The summed E-state index contributed by atoms with van der Waals surface area (Å²) in [5.74, 6) is -1.20. The van der Waals surface area contributed by atoms with Crippen molar-refractivity contribution in [2.24, 2.45) is 0 Å². The summed E-state index contributed by atoms with van der Waals surface area (Å²) in [6, 6.07) is 4.91. The van der Waals surface area contributed by atoms with Crippen molar-refractivity contribution in [1.82, 2.24) is 0 Å². The van der Waals surface area contributed by atoms with Crippen LogP contribution < -0.4 is 4.74 Å². The Labute approximate surface area is 81.4 Å². The molecule has 0 saturated carbocycles. The van der Waals surface area contributed by atoms with Crippen LogP contribution in [0.25, 0.3) is 0 Å². The van der Waals surface area contributed by atoms with Crippen molar-refractivity contribution in [2.75, 3.05) is 7.11 Å². The lowest BCUT2D eigenvalue weighted by Gasteiger charge is -2.06. The summed E-state index contributed by atoms with van der Waals surface area (Å²) in [6.07, 6.45) is 0.586. The van der Waals surface area contributed by atoms with Crippen molar-refractivity contribution in [1.29, 1.82) is 5.26 Å². The van der Waals surface area contributed by atoms with E-state index in [1.54, 1.807) is 6.07 Å². The maximum Gasteiger partial charge on any atom is 0.206 e. The highest BCUT2D eigenvalue weighted by Gasteiger charge is 2.12. The molecule has 0 heterocycles. The van der Waals surface area contributed by atoms with E-state index >= 15 is 0 Å². The van der Waals surface area contributed by atoms with E-state index in [1.165, 1.54) is 13.2 Å². The van der Waals surface area contributed by atoms with Gasteiger partial charge in [-0.05, 0) is 18.1 Å². The Morgan fingerprint density at radius 1 is 1.57 bits per heavy atom. The summed E-state index contributed by atoms with van der Waals surface area (Å²) in [4.78, 5) is 0. The maximum atomic E-state index is 13.2. The molecule has 0 atom stereocenters. The number of phenols is 1. The van der Waals surface area contributed by atoms with Crippen LogP contribution in [0.5, 0.6) is 11.5 Å². The molecular weight excluding hydrogens is 185 g/mol. The van der Waals surface area contributed by atoms with Crippen LogP contribution in [0.4, 0.5) is 4.39 Å². The molecule has 0 aromatic heterocycles. The van der Waals surface area contributed by atoms with E-state index in [-0.39, 0.29) is 12.2 Å². The number of benzene rings is 1. The lowest BCUT2D eigenvalue weighted by Crippen LogP contribution is -1.92. The first-order chi connectivity index (χ1) is 6.70. The summed E-state index contributed by atoms with van der Waals surface area (Å²) >= 11 is 0. The predicted octanol–water partition coefficient (Wildman–Crippen LogP) is 2.00. The molecule has 4 heteroatoms. The van der Waals surface area contributed by atoms with Crippen LogP contribution in [-0.4, -0.2) is 12.2 Å². The van der Waals surface area contributed by atoms with E-state index in [0.29, 0.717) is 12.0 Å². The maximum absolute atomic E-state index is 13.2. The fraction of sp³-hybridized carbons (Fsp3) is 0.300. The van der Waals surface area contributed by atoms with Crippen molar-refractivity contribution < 1.29 is 14.2 Å². The van der Waals surface area contributed by atoms with Crippen LogP contribution in [0.15, 0.2) is 12.1 Å². The molecule has 1 N–H and O–H groups in total. The third-order valence-corrected chi connectivity index (χ3v) is 1.89. The van der Waals surface area contributed by atoms with Crippen molar-refractivity contribution in [3.8, 4) is 17.6 Å². The molecule has 1 aromatic rings. The van der Waals surface area contributed by atoms with Crippen LogP contribution in [0.3, 0.4) is 0 Å². The molecule has 0 radical (unpaired) electrons. The number of hydrogen-bond donors (Lipinski definition) is 1. The average Bonchev–Trinajstić information content (AvgIpc) is 2.20. The van der Waals surface area contributed by atoms with E-state index in [2.05, 4.69) is 4.74 Å². The first-order valence-corrected chi connectivity index (χ1v) is 4.12. The second-order valence-corrected chi connectivity index (χ2v) is 2.75. The van der Waals surface area contributed by atoms with E-state index in [0.717, 1.165) is 0 Å². The molecule has 0 aliphatic rings. The second-order valence-electron chi connectivity index (χ2n) is 2.75. The van der Waals surface area contributed by atoms with Crippen LogP contribution in [0.2, 0.25) is 0 Å². The average molecular weight is 195 g/mol. The second kappa shape index (κ2) is 4.47. The lowest BCUT2D eigenvalue weighted by molar-refractivity contribution is 0.362. The topological polar surface area (TPSA) is 53.2 Å². The zero-order valence-corrected chi connectivity index (χ0v) is 7.75. The highest BCUT2D eigenvalue weighted by molar-refractivity contribution is 5.41. The molecule has 74 valence electrons. The van der Waals surface area contributed by atoms with Gasteiger partial charge in [-0.3, -0.25) is 0 Å². The zero-order valence-electron chi connectivity index (χ0n) is 7.75. The molecule has 1 rings (SSSR count). The quantitative estimate of drug-likeness (QED) is 0.802. The molecule has 0 unspecified atom stereocenters. The molecule has 1 aromatic carbocycles. The number of nitrogens with zero attached hydrogens (tertiary/aromatic N) is 1. The van der Waals surface area contributed by atoms with Gasteiger partial charge in [0.25, 0.3) is 0 Å². The number of aryl methyl sites for hydroxylation is 1. The number of hydrogen-bond acceptors (Lipinski definition) is 3. The van der Waals surface area contributed by atoms with Crippen molar-refractivity contribution in [3.63, 3.8) is 0 Å². The zero-order chi connectivity index (χ0) is 10.6. The normalized spacial score (nSPS) is 9.50. The summed E-state index contributed by atoms with van der Waals surface area (Å²) in [6.45, 7) is 0. The van der Waals surface area contributed by atoms with Gasteiger partial charge in [-0.15, -0.1) is 0 Å². The molecule has 14 heavy (non-hydrogen) atoms. The number of rotatable bonds is 3. The molecule has 0 bridgehead atoms. The smallest absolute Gasteiger partial charge is 0.206 e. The molecule has 0 aliphatic carbocycles. The SMILES string of the molecule is COc1ccc(CCC#N)c(O)c1F. The molecule has 0 saturated heterocycles. The van der Waals surface area contributed by atoms with Gasteiger partial charge in [0.15, 0.2) is 11.5 Å². The monoisotopic (exact) mass is 195 g/mol. The summed E-state index contributed by atoms with van der Waals surface area (Å²) in [5, 5.41) is 17.7. The molecular formula is C10H10FNO2. The minimum absolute atomic E-state index is 0.00297. The molecule has 3 nitrogen and oxygen atoms in total. The van der Waals surface area contributed by atoms with Gasteiger partial charge < -0.3 is 9.84 Å². The van der Waals surface area contributed by atoms with Gasteiger partial charge >= 0.3 is 0 Å². The number of methoxy groups -OCH3 is 1. The third kappa shape index (κ3) is 1.94. The summed E-state index contributed by atoms with van der Waals surface area (Å²) in [5.41, 5.74) is 0.421. The minimum Gasteiger partial charge on any atom is -0.505 e. The van der Waals surface area contributed by atoms with E-state index in [9.17, 15) is 9.50 Å². The van der Waals surface area contributed by atoms with Gasteiger partial charge in [0.2, 0.25) is 5.82 Å². The van der Waals surface area contributed by atoms with Gasteiger partial charge in [0.05, 0.1) is 13.2 Å². The van der Waals surface area contributed by atoms with Crippen LogP contribution in [0.1, 0.15) is 12.0 Å². The van der Waals surface area contributed by atoms with Gasteiger partial charge in [-0.1, -0.05) is 6.07 Å². The summed E-state index contributed by atoms with van der Waals surface area (Å²) < 4.78 is 17.9. The van der Waals surface area contributed by atoms with Crippen molar-refractivity contribution in [2.45, 2.75) is 12.8 Å². The Balaban J connectivity index is 2.99. The first-order valence-electron chi connectivity index (χ1n) is 4.12.